The molecule has 0 radical (unpaired) electrons. The highest BCUT2D eigenvalue weighted by atomic mass is 35.5. The third-order valence-electron chi connectivity index (χ3n) is 3.67. The van der Waals surface area contributed by atoms with Crippen LogP contribution in [0.15, 0.2) is 66.9 Å². The lowest BCUT2D eigenvalue weighted by atomic mass is 10.2. The van der Waals surface area contributed by atoms with E-state index in [0.717, 1.165) is 5.56 Å². The van der Waals surface area contributed by atoms with E-state index < -0.39 is 6.10 Å². The fourth-order valence-corrected chi connectivity index (χ4v) is 2.53. The molecule has 5 nitrogen and oxygen atoms in total. The van der Waals surface area contributed by atoms with Crippen LogP contribution in [0.25, 0.3) is 0 Å². The summed E-state index contributed by atoms with van der Waals surface area (Å²) in [5.74, 6) is 0.993. The Morgan fingerprint density at radius 3 is 2.64 bits per heavy atom. The summed E-state index contributed by atoms with van der Waals surface area (Å²) in [6.45, 7) is 2.17. The van der Waals surface area contributed by atoms with Crippen molar-refractivity contribution in [2.45, 2.75) is 19.6 Å². The van der Waals surface area contributed by atoms with Crippen molar-refractivity contribution in [3.63, 3.8) is 0 Å². The minimum Gasteiger partial charge on any atom is -0.481 e. The second-order valence-electron chi connectivity index (χ2n) is 5.53. The number of para-hydroxylation sites is 1. The average Bonchev–Trinajstić information content (AvgIpc) is 3.04. The molecule has 0 fully saturated rings. The lowest BCUT2D eigenvalue weighted by molar-refractivity contribution is -0.122. The van der Waals surface area contributed by atoms with Gasteiger partial charge in [0.2, 0.25) is 0 Å². The molecule has 1 unspecified atom stereocenters. The van der Waals surface area contributed by atoms with Crippen molar-refractivity contribution in [2.24, 2.45) is 0 Å². The van der Waals surface area contributed by atoms with Gasteiger partial charge in [0.05, 0.1) is 12.7 Å². The van der Waals surface area contributed by atoms with Crippen LogP contribution in [0.4, 0.5) is 5.82 Å². The molecule has 1 atom stereocenters. The topological polar surface area (TPSA) is 56.1 Å². The van der Waals surface area contributed by atoms with Crippen molar-refractivity contribution < 1.29 is 9.53 Å². The van der Waals surface area contributed by atoms with E-state index in [1.807, 2.05) is 54.6 Å². The fraction of sp³-hybridized carbons (Fsp3) is 0.158. The average molecular weight is 356 g/mol. The summed E-state index contributed by atoms with van der Waals surface area (Å²) in [4.78, 5) is 12.4. The maximum absolute atomic E-state index is 12.4. The first-order chi connectivity index (χ1) is 12.1. The number of carbonyl (C=O) groups is 1. The Hall–Kier alpha value is -2.79. The molecule has 0 saturated heterocycles. The van der Waals surface area contributed by atoms with Crippen LogP contribution in [0.3, 0.4) is 0 Å². The first-order valence-corrected chi connectivity index (χ1v) is 8.29. The summed E-state index contributed by atoms with van der Waals surface area (Å²) in [6, 6.07) is 18.5. The lowest BCUT2D eigenvalue weighted by Gasteiger charge is -2.15. The van der Waals surface area contributed by atoms with Crippen LogP contribution < -0.4 is 10.1 Å². The summed E-state index contributed by atoms with van der Waals surface area (Å²) in [6.07, 6.45) is 1.00. The van der Waals surface area contributed by atoms with Crippen molar-refractivity contribution >= 4 is 23.3 Å². The van der Waals surface area contributed by atoms with Gasteiger partial charge in [-0.05, 0) is 30.7 Å². The van der Waals surface area contributed by atoms with Crippen molar-refractivity contribution in [3.8, 4) is 5.75 Å². The summed E-state index contributed by atoms with van der Waals surface area (Å²) in [5.41, 5.74) is 0.928. The Balaban J connectivity index is 1.66. The molecule has 0 spiro atoms. The molecule has 0 aliphatic rings. The third kappa shape index (κ3) is 4.39. The largest absolute Gasteiger partial charge is 0.481 e. The van der Waals surface area contributed by atoms with E-state index in [9.17, 15) is 4.79 Å². The van der Waals surface area contributed by atoms with E-state index in [0.29, 0.717) is 23.1 Å². The van der Waals surface area contributed by atoms with E-state index in [1.165, 1.54) is 0 Å². The molecule has 0 bridgehead atoms. The monoisotopic (exact) mass is 355 g/mol. The summed E-state index contributed by atoms with van der Waals surface area (Å²) >= 11 is 6.19. The van der Waals surface area contributed by atoms with E-state index in [-0.39, 0.29) is 5.91 Å². The minimum atomic E-state index is -0.633. The zero-order valence-corrected chi connectivity index (χ0v) is 14.5. The number of nitrogens with one attached hydrogen (secondary N) is 1. The van der Waals surface area contributed by atoms with Gasteiger partial charge in [0.25, 0.3) is 5.91 Å². The van der Waals surface area contributed by atoms with Crippen molar-refractivity contribution in [3.05, 3.63) is 77.4 Å². The maximum atomic E-state index is 12.4. The van der Waals surface area contributed by atoms with Gasteiger partial charge in [0, 0.05) is 11.1 Å². The molecule has 1 amide bonds. The Morgan fingerprint density at radius 1 is 1.16 bits per heavy atom. The van der Waals surface area contributed by atoms with Gasteiger partial charge in [-0.3, -0.25) is 4.79 Å². The fourth-order valence-electron chi connectivity index (χ4n) is 2.34. The van der Waals surface area contributed by atoms with Gasteiger partial charge in [-0.2, -0.15) is 5.10 Å². The molecular weight excluding hydrogens is 338 g/mol. The van der Waals surface area contributed by atoms with Crippen LogP contribution in [-0.2, 0) is 11.3 Å². The predicted molar refractivity (Wildman–Crippen MR) is 97.9 cm³/mol. The van der Waals surface area contributed by atoms with Gasteiger partial charge in [-0.25, -0.2) is 4.68 Å². The van der Waals surface area contributed by atoms with E-state index in [1.54, 1.807) is 23.9 Å². The molecule has 0 aliphatic carbocycles. The molecular formula is C19H18ClN3O2. The van der Waals surface area contributed by atoms with Gasteiger partial charge in [-0.1, -0.05) is 48.0 Å². The number of aromatic nitrogens is 2. The van der Waals surface area contributed by atoms with Gasteiger partial charge in [0.1, 0.15) is 11.6 Å². The number of nitrogens with zero attached hydrogens (tertiary/aromatic N) is 2. The number of hydrogen-bond acceptors (Lipinski definition) is 3. The van der Waals surface area contributed by atoms with Gasteiger partial charge in [0.15, 0.2) is 6.10 Å². The number of hydrogen-bond donors (Lipinski definition) is 1. The molecule has 25 heavy (non-hydrogen) atoms. The number of rotatable bonds is 6. The number of ether oxygens (including phenoxy) is 1. The summed E-state index contributed by atoms with van der Waals surface area (Å²) in [5, 5.41) is 7.76. The maximum Gasteiger partial charge on any atom is 0.266 e. The van der Waals surface area contributed by atoms with Crippen LogP contribution in [0.5, 0.6) is 5.75 Å². The number of benzene rings is 2. The number of anilines is 1. The van der Waals surface area contributed by atoms with Crippen LogP contribution in [0.2, 0.25) is 5.02 Å². The second-order valence-corrected chi connectivity index (χ2v) is 5.94. The molecule has 0 saturated carbocycles. The molecule has 2 aromatic carbocycles. The molecule has 128 valence electrons. The Bertz CT molecular complexity index is 849. The van der Waals surface area contributed by atoms with Gasteiger partial charge >= 0.3 is 0 Å². The quantitative estimate of drug-likeness (QED) is 0.727. The molecule has 6 heteroatoms. The number of halogens is 1. The second kappa shape index (κ2) is 7.85. The first kappa shape index (κ1) is 17.0. The first-order valence-electron chi connectivity index (χ1n) is 7.91. The lowest BCUT2D eigenvalue weighted by Crippen LogP contribution is -2.31. The van der Waals surface area contributed by atoms with Gasteiger partial charge < -0.3 is 10.1 Å². The van der Waals surface area contributed by atoms with E-state index >= 15 is 0 Å². The van der Waals surface area contributed by atoms with E-state index in [2.05, 4.69) is 10.4 Å². The molecule has 1 aromatic heterocycles. The summed E-state index contributed by atoms with van der Waals surface area (Å²) in [7, 11) is 0. The van der Waals surface area contributed by atoms with E-state index in [4.69, 9.17) is 16.3 Å². The smallest absolute Gasteiger partial charge is 0.266 e. The van der Waals surface area contributed by atoms with Crippen LogP contribution >= 0.6 is 11.6 Å². The van der Waals surface area contributed by atoms with Crippen LogP contribution in [-0.4, -0.2) is 21.8 Å². The standard InChI is InChI=1S/C19H18ClN3O2/c1-14(25-16-8-3-2-4-9-16)19(24)22-18-11-12-21-23(18)13-15-7-5-6-10-17(15)20/h2-12,14H,13H2,1H3,(H,22,24). The SMILES string of the molecule is CC(Oc1ccccc1)C(=O)Nc1ccnn1Cc1ccccc1Cl. The Kier molecular flexibility index (Phi) is 5.36. The summed E-state index contributed by atoms with van der Waals surface area (Å²) < 4.78 is 7.33. The molecule has 1 heterocycles. The molecule has 0 aliphatic heterocycles. The highest BCUT2D eigenvalue weighted by Gasteiger charge is 2.17. The minimum absolute atomic E-state index is 0.246. The zero-order chi connectivity index (χ0) is 17.6. The number of amides is 1. The zero-order valence-electron chi connectivity index (χ0n) is 13.7. The highest BCUT2D eigenvalue weighted by Crippen LogP contribution is 2.18. The van der Waals surface area contributed by atoms with Crippen LogP contribution in [0.1, 0.15) is 12.5 Å². The molecule has 3 aromatic rings. The number of carbonyl (C=O) groups excluding carboxylic acids is 1. The van der Waals surface area contributed by atoms with Gasteiger partial charge in [-0.15, -0.1) is 0 Å². The molecule has 3 rings (SSSR count). The van der Waals surface area contributed by atoms with Crippen molar-refractivity contribution in [1.82, 2.24) is 9.78 Å². The van der Waals surface area contributed by atoms with Crippen molar-refractivity contribution in [2.75, 3.05) is 5.32 Å². The van der Waals surface area contributed by atoms with Crippen LogP contribution in [0, 0.1) is 0 Å². The normalized spacial score (nSPS) is 11.8. The third-order valence-corrected chi connectivity index (χ3v) is 4.04. The Morgan fingerprint density at radius 2 is 1.88 bits per heavy atom. The predicted octanol–water partition coefficient (Wildman–Crippen LogP) is 3.99. The van der Waals surface area contributed by atoms with Crippen molar-refractivity contribution in [1.29, 1.82) is 0 Å². The molecule has 1 N–H and O–H groups in total. The highest BCUT2D eigenvalue weighted by molar-refractivity contribution is 6.31. The Labute approximate surface area is 151 Å².